The van der Waals surface area contributed by atoms with Crippen molar-refractivity contribution in [1.29, 1.82) is 0 Å². The van der Waals surface area contributed by atoms with Gasteiger partial charge in [-0.3, -0.25) is 4.79 Å². The molecule has 0 fully saturated rings. The monoisotopic (exact) mass is 386 g/mol. The number of fused-ring (bicyclic) bond motifs is 1. The largest absolute Gasteiger partial charge is 0.492 e. The van der Waals surface area contributed by atoms with Gasteiger partial charge in [0.2, 0.25) is 0 Å². The Morgan fingerprint density at radius 2 is 1.79 bits per heavy atom. The first-order chi connectivity index (χ1) is 14.1. The minimum absolute atomic E-state index is 0.194. The number of rotatable bonds is 6. The molecule has 2 aromatic heterocycles. The van der Waals surface area contributed by atoms with Gasteiger partial charge in [0.25, 0.3) is 5.91 Å². The van der Waals surface area contributed by atoms with Gasteiger partial charge in [0.05, 0.1) is 24.0 Å². The number of nitrogens with one attached hydrogen (secondary N) is 1. The van der Waals surface area contributed by atoms with Crippen LogP contribution in [-0.2, 0) is 0 Å². The lowest BCUT2D eigenvalue weighted by Gasteiger charge is -2.10. The molecule has 0 aliphatic carbocycles. The van der Waals surface area contributed by atoms with E-state index < -0.39 is 0 Å². The quantitative estimate of drug-likeness (QED) is 0.512. The molecule has 1 amide bonds. The summed E-state index contributed by atoms with van der Waals surface area (Å²) in [6.07, 6.45) is 3.40. The van der Waals surface area contributed by atoms with Gasteiger partial charge in [0.1, 0.15) is 12.4 Å². The SMILES string of the molecule is Cc1ccc(-c2cnn3c(C)c(C(=O)NCCOc4ccccc4)cnc23)cc1. The van der Waals surface area contributed by atoms with Crippen LogP contribution < -0.4 is 10.1 Å². The topological polar surface area (TPSA) is 68.5 Å². The molecule has 0 saturated carbocycles. The third-order valence-corrected chi connectivity index (χ3v) is 4.77. The van der Waals surface area contributed by atoms with Crippen LogP contribution in [0.5, 0.6) is 5.75 Å². The van der Waals surface area contributed by atoms with E-state index in [9.17, 15) is 4.79 Å². The highest BCUT2D eigenvalue weighted by Gasteiger charge is 2.16. The van der Waals surface area contributed by atoms with Crippen molar-refractivity contribution >= 4 is 11.6 Å². The van der Waals surface area contributed by atoms with Crippen LogP contribution in [0.2, 0.25) is 0 Å². The van der Waals surface area contributed by atoms with Crippen molar-refractivity contribution in [2.45, 2.75) is 13.8 Å². The molecule has 0 spiro atoms. The van der Waals surface area contributed by atoms with E-state index >= 15 is 0 Å². The summed E-state index contributed by atoms with van der Waals surface area (Å²) in [5, 5.41) is 7.32. The Hall–Kier alpha value is -3.67. The second-order valence-corrected chi connectivity index (χ2v) is 6.83. The first kappa shape index (κ1) is 18.7. The summed E-state index contributed by atoms with van der Waals surface area (Å²) >= 11 is 0. The molecule has 29 heavy (non-hydrogen) atoms. The summed E-state index contributed by atoms with van der Waals surface area (Å²) in [7, 11) is 0. The number of para-hydroxylation sites is 1. The Morgan fingerprint density at radius 3 is 2.55 bits per heavy atom. The maximum atomic E-state index is 12.6. The molecule has 0 atom stereocenters. The zero-order chi connectivity index (χ0) is 20.2. The second kappa shape index (κ2) is 8.14. The fourth-order valence-corrected chi connectivity index (χ4v) is 3.15. The summed E-state index contributed by atoms with van der Waals surface area (Å²) in [6.45, 7) is 4.72. The molecule has 0 radical (unpaired) electrons. The molecule has 6 nitrogen and oxygen atoms in total. The average Bonchev–Trinajstić information content (AvgIpc) is 3.18. The first-order valence-corrected chi connectivity index (χ1v) is 9.50. The Kier molecular flexibility index (Phi) is 5.24. The lowest BCUT2D eigenvalue weighted by Crippen LogP contribution is -2.29. The van der Waals surface area contributed by atoms with E-state index in [1.165, 1.54) is 5.56 Å². The molecule has 0 saturated heterocycles. The van der Waals surface area contributed by atoms with Crippen LogP contribution in [0.15, 0.2) is 67.0 Å². The van der Waals surface area contributed by atoms with Crippen LogP contribution >= 0.6 is 0 Å². The Labute approximate surface area is 169 Å². The molecule has 4 rings (SSSR count). The molecule has 1 N–H and O–H groups in total. The highest BCUT2D eigenvalue weighted by Crippen LogP contribution is 2.24. The maximum absolute atomic E-state index is 12.6. The molecule has 0 aliphatic heterocycles. The summed E-state index contributed by atoms with van der Waals surface area (Å²) in [5.41, 5.74) is 5.16. The van der Waals surface area contributed by atoms with E-state index in [-0.39, 0.29) is 5.91 Å². The van der Waals surface area contributed by atoms with E-state index in [1.807, 2.05) is 37.3 Å². The summed E-state index contributed by atoms with van der Waals surface area (Å²) in [6, 6.07) is 17.7. The molecular weight excluding hydrogens is 364 g/mol. The number of carbonyl (C=O) groups is 1. The number of hydrogen-bond donors (Lipinski definition) is 1. The van der Waals surface area contributed by atoms with Crippen molar-refractivity contribution in [1.82, 2.24) is 19.9 Å². The van der Waals surface area contributed by atoms with Gasteiger partial charge in [-0.15, -0.1) is 0 Å². The van der Waals surface area contributed by atoms with Crippen LogP contribution in [0, 0.1) is 13.8 Å². The van der Waals surface area contributed by atoms with Crippen molar-refractivity contribution < 1.29 is 9.53 Å². The van der Waals surface area contributed by atoms with Crippen molar-refractivity contribution in [2.24, 2.45) is 0 Å². The number of aromatic nitrogens is 3. The van der Waals surface area contributed by atoms with Crippen LogP contribution in [0.1, 0.15) is 21.6 Å². The molecule has 0 bridgehead atoms. The van der Waals surface area contributed by atoms with Crippen LogP contribution in [0.4, 0.5) is 0 Å². The molecule has 146 valence electrons. The van der Waals surface area contributed by atoms with Crippen molar-refractivity contribution in [3.05, 3.63) is 83.8 Å². The number of amides is 1. The predicted octanol–water partition coefficient (Wildman–Crippen LogP) is 3.82. The van der Waals surface area contributed by atoms with E-state index in [0.29, 0.717) is 18.7 Å². The second-order valence-electron chi connectivity index (χ2n) is 6.83. The minimum Gasteiger partial charge on any atom is -0.492 e. The normalized spacial score (nSPS) is 10.8. The molecule has 0 unspecified atom stereocenters. The van der Waals surface area contributed by atoms with Gasteiger partial charge < -0.3 is 10.1 Å². The molecular formula is C23H22N4O2. The molecule has 6 heteroatoms. The summed E-state index contributed by atoms with van der Waals surface area (Å²) < 4.78 is 7.32. The van der Waals surface area contributed by atoms with Gasteiger partial charge in [0.15, 0.2) is 5.65 Å². The number of hydrogen-bond acceptors (Lipinski definition) is 4. The summed E-state index contributed by atoms with van der Waals surface area (Å²) in [4.78, 5) is 17.1. The highest BCUT2D eigenvalue weighted by molar-refractivity contribution is 5.95. The number of benzene rings is 2. The zero-order valence-electron chi connectivity index (χ0n) is 16.4. The van der Waals surface area contributed by atoms with E-state index in [4.69, 9.17) is 4.74 Å². The number of carbonyl (C=O) groups excluding carboxylic acids is 1. The number of nitrogens with zero attached hydrogens (tertiary/aromatic N) is 3. The smallest absolute Gasteiger partial charge is 0.254 e. The summed E-state index contributed by atoms with van der Waals surface area (Å²) in [5.74, 6) is 0.585. The Morgan fingerprint density at radius 1 is 1.03 bits per heavy atom. The minimum atomic E-state index is -0.194. The zero-order valence-corrected chi connectivity index (χ0v) is 16.4. The van der Waals surface area contributed by atoms with Crippen molar-refractivity contribution in [3.63, 3.8) is 0 Å². The Bertz CT molecular complexity index is 1130. The lowest BCUT2D eigenvalue weighted by molar-refractivity contribution is 0.0945. The van der Waals surface area contributed by atoms with Gasteiger partial charge in [-0.2, -0.15) is 5.10 Å². The third-order valence-electron chi connectivity index (χ3n) is 4.77. The van der Waals surface area contributed by atoms with Gasteiger partial charge >= 0.3 is 0 Å². The molecule has 4 aromatic rings. The number of aryl methyl sites for hydroxylation is 2. The number of ether oxygens (including phenoxy) is 1. The van der Waals surface area contributed by atoms with Crippen LogP contribution in [-0.4, -0.2) is 33.7 Å². The van der Waals surface area contributed by atoms with Crippen molar-refractivity contribution in [3.8, 4) is 16.9 Å². The fraction of sp³-hybridized carbons (Fsp3) is 0.174. The predicted molar refractivity (Wildman–Crippen MR) is 112 cm³/mol. The fourth-order valence-electron chi connectivity index (χ4n) is 3.15. The molecule has 2 aromatic carbocycles. The maximum Gasteiger partial charge on any atom is 0.254 e. The van der Waals surface area contributed by atoms with Crippen LogP contribution in [0.3, 0.4) is 0 Å². The van der Waals surface area contributed by atoms with Crippen LogP contribution in [0.25, 0.3) is 16.8 Å². The van der Waals surface area contributed by atoms with Gasteiger partial charge in [0, 0.05) is 11.8 Å². The lowest BCUT2D eigenvalue weighted by atomic mass is 10.1. The first-order valence-electron chi connectivity index (χ1n) is 9.50. The third kappa shape index (κ3) is 3.96. The van der Waals surface area contributed by atoms with Crippen molar-refractivity contribution in [2.75, 3.05) is 13.2 Å². The average molecular weight is 386 g/mol. The highest BCUT2D eigenvalue weighted by atomic mass is 16.5. The standard InChI is InChI=1S/C23H22N4O2/c1-16-8-10-18(11-9-16)21-15-26-27-17(2)20(14-25-22(21)27)23(28)24-12-13-29-19-6-4-3-5-7-19/h3-11,14-15H,12-13H2,1-2H3,(H,24,28). The van der Waals surface area contributed by atoms with Gasteiger partial charge in [-0.05, 0) is 31.5 Å². The van der Waals surface area contributed by atoms with Gasteiger partial charge in [-0.25, -0.2) is 9.50 Å². The molecule has 2 heterocycles. The van der Waals surface area contributed by atoms with E-state index in [1.54, 1.807) is 16.9 Å². The molecule has 0 aliphatic rings. The van der Waals surface area contributed by atoms with Gasteiger partial charge in [-0.1, -0.05) is 48.0 Å². The van der Waals surface area contributed by atoms with E-state index in [2.05, 4.69) is 46.6 Å². The van der Waals surface area contributed by atoms with E-state index in [0.717, 1.165) is 28.2 Å². The Balaban J connectivity index is 1.47.